The highest BCUT2D eigenvalue weighted by Crippen LogP contribution is 2.17. The van der Waals surface area contributed by atoms with E-state index in [1.807, 2.05) is 30.3 Å². The lowest BCUT2D eigenvalue weighted by atomic mass is 9.95. The summed E-state index contributed by atoms with van der Waals surface area (Å²) in [6.07, 6.45) is 6.08. The van der Waals surface area contributed by atoms with Gasteiger partial charge in [0.15, 0.2) is 0 Å². The topological polar surface area (TPSA) is 41.1 Å². The number of hydrogen-bond donors (Lipinski definition) is 2. The van der Waals surface area contributed by atoms with E-state index in [0.29, 0.717) is 6.42 Å². The lowest BCUT2D eigenvalue weighted by molar-refractivity contribution is -0.118. The summed E-state index contributed by atoms with van der Waals surface area (Å²) >= 11 is 0. The Morgan fingerprint density at radius 3 is 2.81 bits per heavy atom. The van der Waals surface area contributed by atoms with Crippen LogP contribution in [0.25, 0.3) is 0 Å². The summed E-state index contributed by atoms with van der Waals surface area (Å²) in [7, 11) is 0. The molecular weight excluding hydrogens is 260 g/mol. The van der Waals surface area contributed by atoms with Gasteiger partial charge in [-0.05, 0) is 35.7 Å². The molecule has 0 spiro atoms. The van der Waals surface area contributed by atoms with Crippen molar-refractivity contribution in [3.8, 4) is 12.3 Å². The average Bonchev–Trinajstić information content (AvgIpc) is 2.54. The molecule has 2 aromatic carbocycles. The van der Waals surface area contributed by atoms with Crippen LogP contribution in [-0.4, -0.2) is 11.9 Å². The molecule has 0 fully saturated rings. The fourth-order valence-corrected chi connectivity index (χ4v) is 2.56. The maximum atomic E-state index is 12.4. The molecule has 0 unspecified atom stereocenters. The number of carbonyl (C=O) groups excluding carboxylic acids is 1. The highest BCUT2D eigenvalue weighted by molar-refractivity contribution is 5.95. The highest BCUT2D eigenvalue weighted by Gasteiger charge is 2.23. The van der Waals surface area contributed by atoms with Crippen LogP contribution in [0.15, 0.2) is 48.5 Å². The van der Waals surface area contributed by atoms with Gasteiger partial charge in [-0.1, -0.05) is 36.3 Å². The van der Waals surface area contributed by atoms with Crippen LogP contribution in [0.4, 0.5) is 5.69 Å². The third kappa shape index (κ3) is 2.96. The summed E-state index contributed by atoms with van der Waals surface area (Å²) in [6.45, 7) is 0.721. The molecule has 1 heterocycles. The molecule has 1 aliphatic heterocycles. The second-order valence-electron chi connectivity index (χ2n) is 5.12. The summed E-state index contributed by atoms with van der Waals surface area (Å²) in [5, 5.41) is 6.19. The van der Waals surface area contributed by atoms with Crippen LogP contribution in [0.2, 0.25) is 0 Å². The van der Waals surface area contributed by atoms with Gasteiger partial charge in [0.2, 0.25) is 5.91 Å². The monoisotopic (exact) mass is 276 g/mol. The van der Waals surface area contributed by atoms with Crippen molar-refractivity contribution in [3.63, 3.8) is 0 Å². The maximum absolute atomic E-state index is 12.4. The Kier molecular flexibility index (Phi) is 3.72. The minimum atomic E-state index is -0.214. The summed E-state index contributed by atoms with van der Waals surface area (Å²) in [5.74, 6) is 2.54. The van der Waals surface area contributed by atoms with Gasteiger partial charge in [0.1, 0.15) is 0 Å². The molecule has 3 nitrogen and oxygen atoms in total. The summed E-state index contributed by atoms with van der Waals surface area (Å²) in [4.78, 5) is 12.4. The standard InChI is InChI=1S/C18H16N2O/c1-2-13-6-5-9-16(10-13)20-18(21)17-11-14-7-3-4-8-15(14)12-19-17/h1,3-10,17,19H,11-12H2,(H,20,21)/t17-/m1/s1. The van der Waals surface area contributed by atoms with Crippen LogP contribution in [-0.2, 0) is 17.8 Å². The highest BCUT2D eigenvalue weighted by atomic mass is 16.2. The zero-order chi connectivity index (χ0) is 14.7. The largest absolute Gasteiger partial charge is 0.325 e. The predicted octanol–water partition coefficient (Wildman–Crippen LogP) is 2.32. The quantitative estimate of drug-likeness (QED) is 0.827. The first-order valence-electron chi connectivity index (χ1n) is 6.94. The number of nitrogens with one attached hydrogen (secondary N) is 2. The van der Waals surface area contributed by atoms with Crippen molar-refractivity contribution in [1.29, 1.82) is 0 Å². The number of anilines is 1. The number of fused-ring (bicyclic) bond motifs is 1. The van der Waals surface area contributed by atoms with Gasteiger partial charge < -0.3 is 10.6 Å². The van der Waals surface area contributed by atoms with E-state index in [1.54, 1.807) is 6.07 Å². The SMILES string of the molecule is C#Cc1cccc(NC(=O)[C@H]2Cc3ccccc3CN2)c1. The van der Waals surface area contributed by atoms with Crippen LogP contribution in [0, 0.1) is 12.3 Å². The Morgan fingerprint density at radius 1 is 1.19 bits per heavy atom. The molecule has 0 bridgehead atoms. The van der Waals surface area contributed by atoms with Crippen LogP contribution in [0.5, 0.6) is 0 Å². The molecule has 2 N–H and O–H groups in total. The molecule has 0 aliphatic carbocycles. The molecule has 0 radical (unpaired) electrons. The molecule has 0 aromatic heterocycles. The molecule has 104 valence electrons. The lowest BCUT2D eigenvalue weighted by Crippen LogP contribution is -2.44. The Morgan fingerprint density at radius 2 is 2.00 bits per heavy atom. The Labute approximate surface area is 124 Å². The second-order valence-corrected chi connectivity index (χ2v) is 5.12. The first-order chi connectivity index (χ1) is 10.3. The van der Waals surface area contributed by atoms with Gasteiger partial charge in [0.25, 0.3) is 0 Å². The third-order valence-corrected chi connectivity index (χ3v) is 3.69. The number of carbonyl (C=O) groups is 1. The molecule has 3 heteroatoms. The first-order valence-corrected chi connectivity index (χ1v) is 6.94. The zero-order valence-corrected chi connectivity index (χ0v) is 11.6. The fourth-order valence-electron chi connectivity index (χ4n) is 2.56. The first kappa shape index (κ1) is 13.4. The van der Waals surface area contributed by atoms with Crippen LogP contribution >= 0.6 is 0 Å². The Balaban J connectivity index is 1.71. The molecule has 0 saturated carbocycles. The average molecular weight is 276 g/mol. The van der Waals surface area contributed by atoms with E-state index in [-0.39, 0.29) is 11.9 Å². The van der Waals surface area contributed by atoms with Crippen molar-refractivity contribution in [2.24, 2.45) is 0 Å². The van der Waals surface area contributed by atoms with Gasteiger partial charge in [0, 0.05) is 17.8 Å². The van der Waals surface area contributed by atoms with Crippen molar-refractivity contribution in [1.82, 2.24) is 5.32 Å². The number of rotatable bonds is 2. The van der Waals surface area contributed by atoms with E-state index in [9.17, 15) is 4.79 Å². The molecule has 1 amide bonds. The van der Waals surface area contributed by atoms with Crippen LogP contribution < -0.4 is 10.6 Å². The normalized spacial score (nSPS) is 16.6. The molecule has 0 saturated heterocycles. The third-order valence-electron chi connectivity index (χ3n) is 3.69. The number of terminal acetylenes is 1. The molecule has 21 heavy (non-hydrogen) atoms. The minimum absolute atomic E-state index is 0.0290. The van der Waals surface area contributed by atoms with Gasteiger partial charge >= 0.3 is 0 Å². The van der Waals surface area contributed by atoms with Crippen molar-refractivity contribution in [3.05, 3.63) is 65.2 Å². The van der Waals surface area contributed by atoms with E-state index < -0.39 is 0 Å². The van der Waals surface area contributed by atoms with E-state index in [2.05, 4.69) is 28.7 Å². The summed E-state index contributed by atoms with van der Waals surface area (Å²) < 4.78 is 0. The van der Waals surface area contributed by atoms with Gasteiger partial charge in [-0.2, -0.15) is 0 Å². The molecule has 2 aromatic rings. The molecule has 1 atom stereocenters. The van der Waals surface area contributed by atoms with Crippen molar-refractivity contribution in [2.75, 3.05) is 5.32 Å². The van der Waals surface area contributed by atoms with E-state index in [4.69, 9.17) is 6.42 Å². The Bertz CT molecular complexity index is 715. The molecule has 3 rings (SSSR count). The number of benzene rings is 2. The van der Waals surface area contributed by atoms with E-state index in [1.165, 1.54) is 11.1 Å². The smallest absolute Gasteiger partial charge is 0.241 e. The number of hydrogen-bond acceptors (Lipinski definition) is 2. The van der Waals surface area contributed by atoms with Crippen molar-refractivity contribution in [2.45, 2.75) is 19.0 Å². The Hall–Kier alpha value is -2.57. The summed E-state index contributed by atoms with van der Waals surface area (Å²) in [5.41, 5.74) is 3.98. The lowest BCUT2D eigenvalue weighted by Gasteiger charge is -2.25. The molecule has 1 aliphatic rings. The van der Waals surface area contributed by atoms with Gasteiger partial charge in [-0.15, -0.1) is 6.42 Å². The van der Waals surface area contributed by atoms with Crippen LogP contribution in [0.1, 0.15) is 16.7 Å². The predicted molar refractivity (Wildman–Crippen MR) is 83.8 cm³/mol. The van der Waals surface area contributed by atoms with E-state index >= 15 is 0 Å². The fraction of sp³-hybridized carbons (Fsp3) is 0.167. The van der Waals surface area contributed by atoms with Gasteiger partial charge in [0.05, 0.1) is 6.04 Å². The van der Waals surface area contributed by atoms with Crippen LogP contribution in [0.3, 0.4) is 0 Å². The molecular formula is C18H16N2O. The van der Waals surface area contributed by atoms with Gasteiger partial charge in [-0.3, -0.25) is 4.79 Å². The number of amides is 1. The van der Waals surface area contributed by atoms with Crippen molar-refractivity contribution < 1.29 is 4.79 Å². The van der Waals surface area contributed by atoms with Gasteiger partial charge in [-0.25, -0.2) is 0 Å². The minimum Gasteiger partial charge on any atom is -0.325 e. The summed E-state index contributed by atoms with van der Waals surface area (Å²) in [6, 6.07) is 15.3. The second kappa shape index (κ2) is 5.82. The maximum Gasteiger partial charge on any atom is 0.241 e. The van der Waals surface area contributed by atoms with Crippen molar-refractivity contribution >= 4 is 11.6 Å². The van der Waals surface area contributed by atoms with E-state index in [0.717, 1.165) is 17.8 Å². The zero-order valence-electron chi connectivity index (χ0n) is 11.6.